The molecular weight excluding hydrogens is 244 g/mol. The molecule has 1 heterocycles. The number of likely N-dealkylation sites (N-methyl/N-ethyl adjacent to an activating group) is 1. The monoisotopic (exact) mass is 270 g/mol. The lowest BCUT2D eigenvalue weighted by Gasteiger charge is -2.34. The predicted octanol–water partition coefficient (Wildman–Crippen LogP) is 1.29. The van der Waals surface area contributed by atoms with E-state index in [4.69, 9.17) is 0 Å². The molecule has 0 saturated carbocycles. The van der Waals surface area contributed by atoms with Crippen LogP contribution >= 0.6 is 0 Å². The number of nitrogens with zero attached hydrogens (tertiary/aromatic N) is 2. The van der Waals surface area contributed by atoms with Crippen LogP contribution in [0.2, 0.25) is 0 Å². The number of likely N-dealkylation sites (tertiary alicyclic amines) is 1. The van der Waals surface area contributed by atoms with Crippen LogP contribution in [0.4, 0.5) is 0 Å². The fraction of sp³-hybridized carbons (Fsp3) is 0.857. The van der Waals surface area contributed by atoms with Gasteiger partial charge in [0.1, 0.15) is 6.04 Å². The van der Waals surface area contributed by atoms with E-state index in [1.165, 1.54) is 4.90 Å². The number of amides is 1. The zero-order chi connectivity index (χ0) is 14.6. The normalized spacial score (nSPS) is 22.3. The maximum atomic E-state index is 12.4. The number of rotatable bonds is 5. The standard InChI is InChI=1S/C14H26N2O3/c1-10(2)8-12(14(18)19)16(4)13(17)11-6-5-7-15(3)9-11/h10-12H,5-9H2,1-4H3,(H,18,19). The Labute approximate surface area is 115 Å². The van der Waals surface area contributed by atoms with E-state index in [0.717, 1.165) is 25.9 Å². The highest BCUT2D eigenvalue weighted by atomic mass is 16.4. The lowest BCUT2D eigenvalue weighted by atomic mass is 9.95. The van der Waals surface area contributed by atoms with E-state index in [0.29, 0.717) is 6.42 Å². The molecule has 5 heteroatoms. The van der Waals surface area contributed by atoms with E-state index in [9.17, 15) is 14.7 Å². The first kappa shape index (κ1) is 16.0. The minimum atomic E-state index is -0.909. The summed E-state index contributed by atoms with van der Waals surface area (Å²) in [6, 6.07) is -0.709. The van der Waals surface area contributed by atoms with Crippen molar-refractivity contribution in [2.45, 2.75) is 39.2 Å². The van der Waals surface area contributed by atoms with Crippen LogP contribution in [0.5, 0.6) is 0 Å². The summed E-state index contributed by atoms with van der Waals surface area (Å²) in [4.78, 5) is 27.3. The molecule has 5 nitrogen and oxygen atoms in total. The van der Waals surface area contributed by atoms with Gasteiger partial charge in [-0.05, 0) is 38.8 Å². The Hall–Kier alpha value is -1.10. The van der Waals surface area contributed by atoms with Crippen molar-refractivity contribution in [2.75, 3.05) is 27.2 Å². The molecule has 110 valence electrons. The van der Waals surface area contributed by atoms with E-state index >= 15 is 0 Å². The molecule has 2 unspecified atom stereocenters. The van der Waals surface area contributed by atoms with Crippen molar-refractivity contribution >= 4 is 11.9 Å². The van der Waals surface area contributed by atoms with Gasteiger partial charge < -0.3 is 14.9 Å². The molecule has 0 aromatic carbocycles. The summed E-state index contributed by atoms with van der Waals surface area (Å²) < 4.78 is 0. The Morgan fingerprint density at radius 1 is 1.42 bits per heavy atom. The van der Waals surface area contributed by atoms with Crippen LogP contribution in [0.25, 0.3) is 0 Å². The smallest absolute Gasteiger partial charge is 0.326 e. The van der Waals surface area contributed by atoms with Crippen molar-refractivity contribution in [2.24, 2.45) is 11.8 Å². The number of carboxylic acid groups (broad SMARTS) is 1. The van der Waals surface area contributed by atoms with E-state index < -0.39 is 12.0 Å². The number of piperidine rings is 1. The highest BCUT2D eigenvalue weighted by Gasteiger charge is 2.33. The maximum Gasteiger partial charge on any atom is 0.326 e. The van der Waals surface area contributed by atoms with Crippen LogP contribution in [0.15, 0.2) is 0 Å². The van der Waals surface area contributed by atoms with Gasteiger partial charge in [-0.1, -0.05) is 13.8 Å². The van der Waals surface area contributed by atoms with Crippen molar-refractivity contribution < 1.29 is 14.7 Å². The summed E-state index contributed by atoms with van der Waals surface area (Å²) in [7, 11) is 3.63. The topological polar surface area (TPSA) is 60.9 Å². The van der Waals surface area contributed by atoms with Gasteiger partial charge in [0, 0.05) is 13.6 Å². The van der Waals surface area contributed by atoms with Gasteiger partial charge in [0.15, 0.2) is 0 Å². The van der Waals surface area contributed by atoms with Gasteiger partial charge in [-0.25, -0.2) is 4.79 Å². The minimum absolute atomic E-state index is 0.0281. The molecule has 1 saturated heterocycles. The van der Waals surface area contributed by atoms with Crippen molar-refractivity contribution in [3.8, 4) is 0 Å². The molecule has 1 fully saturated rings. The minimum Gasteiger partial charge on any atom is -0.480 e. The van der Waals surface area contributed by atoms with Gasteiger partial charge in [0.25, 0.3) is 0 Å². The molecule has 1 aliphatic rings. The Morgan fingerprint density at radius 3 is 2.53 bits per heavy atom. The lowest BCUT2D eigenvalue weighted by molar-refractivity contribution is -0.152. The van der Waals surface area contributed by atoms with Crippen molar-refractivity contribution in [3.05, 3.63) is 0 Å². The maximum absolute atomic E-state index is 12.4. The first-order chi connectivity index (χ1) is 8.82. The largest absolute Gasteiger partial charge is 0.480 e. The van der Waals surface area contributed by atoms with E-state index in [1.807, 2.05) is 20.9 Å². The molecular formula is C14H26N2O3. The van der Waals surface area contributed by atoms with Crippen molar-refractivity contribution in [1.82, 2.24) is 9.80 Å². The molecule has 1 N–H and O–H groups in total. The number of carbonyl (C=O) groups excluding carboxylic acids is 1. The van der Waals surface area contributed by atoms with Crippen molar-refractivity contribution in [1.29, 1.82) is 0 Å². The van der Waals surface area contributed by atoms with Crippen LogP contribution < -0.4 is 0 Å². The van der Waals surface area contributed by atoms with Crippen molar-refractivity contribution in [3.63, 3.8) is 0 Å². The van der Waals surface area contributed by atoms with Crippen LogP contribution in [-0.4, -0.2) is 60.0 Å². The van der Waals surface area contributed by atoms with E-state index in [1.54, 1.807) is 7.05 Å². The van der Waals surface area contributed by atoms with Gasteiger partial charge in [-0.15, -0.1) is 0 Å². The number of hydrogen-bond acceptors (Lipinski definition) is 3. The van der Waals surface area contributed by atoms with E-state index in [2.05, 4.69) is 4.90 Å². The first-order valence-electron chi connectivity index (χ1n) is 7.01. The van der Waals surface area contributed by atoms with Crippen LogP contribution in [0.3, 0.4) is 0 Å². The number of carbonyl (C=O) groups is 2. The molecule has 2 atom stereocenters. The van der Waals surface area contributed by atoms with Gasteiger partial charge in [-0.2, -0.15) is 0 Å². The highest BCUT2D eigenvalue weighted by Crippen LogP contribution is 2.20. The zero-order valence-corrected chi connectivity index (χ0v) is 12.4. The number of aliphatic carboxylic acids is 1. The third-order valence-corrected chi connectivity index (χ3v) is 3.77. The van der Waals surface area contributed by atoms with Gasteiger partial charge in [0.2, 0.25) is 5.91 Å². The second kappa shape index (κ2) is 6.89. The summed E-state index contributed by atoms with van der Waals surface area (Å²) >= 11 is 0. The summed E-state index contributed by atoms with van der Waals surface area (Å²) in [5.41, 5.74) is 0. The van der Waals surface area contributed by atoms with Crippen LogP contribution in [0.1, 0.15) is 33.1 Å². The molecule has 0 aromatic heterocycles. The molecule has 0 aliphatic carbocycles. The Bertz CT molecular complexity index is 331. The predicted molar refractivity (Wildman–Crippen MR) is 73.9 cm³/mol. The fourth-order valence-corrected chi connectivity index (χ4v) is 2.68. The Balaban J connectivity index is 2.69. The molecule has 1 amide bonds. The zero-order valence-electron chi connectivity index (χ0n) is 12.4. The molecule has 1 aliphatic heterocycles. The second-order valence-electron chi connectivity index (χ2n) is 6.03. The molecule has 1 rings (SSSR count). The Morgan fingerprint density at radius 2 is 2.05 bits per heavy atom. The third-order valence-electron chi connectivity index (χ3n) is 3.77. The number of carboxylic acids is 1. The summed E-state index contributed by atoms with van der Waals surface area (Å²) in [5, 5.41) is 9.29. The quantitative estimate of drug-likeness (QED) is 0.817. The average Bonchev–Trinajstić information content (AvgIpc) is 2.33. The van der Waals surface area contributed by atoms with Gasteiger partial charge in [0.05, 0.1) is 5.92 Å². The SMILES string of the molecule is CC(C)CC(C(=O)O)N(C)C(=O)C1CCCN(C)C1. The van der Waals surface area contributed by atoms with Crippen LogP contribution in [-0.2, 0) is 9.59 Å². The second-order valence-corrected chi connectivity index (χ2v) is 6.03. The molecule has 0 radical (unpaired) electrons. The summed E-state index contributed by atoms with van der Waals surface area (Å²) in [6.07, 6.45) is 2.37. The van der Waals surface area contributed by atoms with Gasteiger partial charge in [-0.3, -0.25) is 4.79 Å². The van der Waals surface area contributed by atoms with Crippen LogP contribution in [0, 0.1) is 11.8 Å². The molecule has 19 heavy (non-hydrogen) atoms. The highest BCUT2D eigenvalue weighted by molar-refractivity contribution is 5.85. The van der Waals surface area contributed by atoms with E-state index in [-0.39, 0.29) is 17.7 Å². The summed E-state index contributed by atoms with van der Waals surface area (Å²) in [6.45, 7) is 5.70. The van der Waals surface area contributed by atoms with Gasteiger partial charge >= 0.3 is 5.97 Å². The lowest BCUT2D eigenvalue weighted by Crippen LogP contribution is -2.48. The Kier molecular flexibility index (Phi) is 5.79. The molecule has 0 aromatic rings. The third kappa shape index (κ3) is 4.49. The molecule has 0 bridgehead atoms. The molecule has 0 spiro atoms. The average molecular weight is 270 g/mol. The first-order valence-corrected chi connectivity index (χ1v) is 7.01. The summed E-state index contributed by atoms with van der Waals surface area (Å²) in [5.74, 6) is -0.739. The number of hydrogen-bond donors (Lipinski definition) is 1. The fourth-order valence-electron chi connectivity index (χ4n) is 2.68.